The van der Waals surface area contributed by atoms with E-state index in [1.165, 1.54) is 11.3 Å². The molecule has 4 amide bonds. The molecular formula is C55H47N5O8S. The predicted octanol–water partition coefficient (Wildman–Crippen LogP) is 8.18. The van der Waals surface area contributed by atoms with Gasteiger partial charge in [-0.25, -0.2) is 14.7 Å². The summed E-state index contributed by atoms with van der Waals surface area (Å²) in [5.74, 6) is 2.82. The van der Waals surface area contributed by atoms with Crippen molar-refractivity contribution in [3.05, 3.63) is 191 Å². The van der Waals surface area contributed by atoms with Crippen molar-refractivity contribution in [1.82, 2.24) is 15.2 Å². The van der Waals surface area contributed by atoms with Crippen molar-refractivity contribution < 1.29 is 38.9 Å². The highest BCUT2D eigenvalue weighted by Gasteiger charge is 2.75. The number of ether oxygens (including phenoxy) is 2. The number of nitrogens with zero attached hydrogens (tertiary/aromatic N) is 3. The summed E-state index contributed by atoms with van der Waals surface area (Å²) in [4.78, 5) is 70.9. The molecule has 1 spiro atoms. The standard InChI is InChI=1S/C55H47N5O8S/c1-34(36-16-5-2-6-17-36)56-54(66)59-43-29-24-35(15-13-14-30-61)33-41(43)55(52(59)65)45(50(63)58-53-57-42-22-11-12-23-44(42)69-53)47-51(64)68-48(38-20-9-4-10-21-38)46(37-18-7-3-8-19-37)60(47)49(55)39-25-27-40(28-26-39)67-32-31-62/h2-12,16-29,33-34,45-49,61-62H,14,30-32H2,1H3,(H,56,66)(H,57,58,63)/t34-,45+,46+,47+,48-,49-,55+/m1/s1. The van der Waals surface area contributed by atoms with Crippen molar-refractivity contribution in [1.29, 1.82) is 0 Å². The predicted molar refractivity (Wildman–Crippen MR) is 261 cm³/mol. The lowest BCUT2D eigenvalue weighted by Gasteiger charge is -2.46. The van der Waals surface area contributed by atoms with Crippen LogP contribution in [0.4, 0.5) is 15.6 Å². The Morgan fingerprint density at radius 2 is 1.49 bits per heavy atom. The van der Waals surface area contributed by atoms with E-state index in [9.17, 15) is 10.2 Å². The summed E-state index contributed by atoms with van der Waals surface area (Å²) in [6, 6.07) is 43.2. The van der Waals surface area contributed by atoms with E-state index in [4.69, 9.17) is 14.5 Å². The molecule has 2 saturated heterocycles. The number of aromatic nitrogens is 1. The fourth-order valence-electron chi connectivity index (χ4n) is 10.3. The molecule has 4 heterocycles. The highest BCUT2D eigenvalue weighted by atomic mass is 32.1. The van der Waals surface area contributed by atoms with Gasteiger partial charge >= 0.3 is 12.0 Å². The molecule has 0 saturated carbocycles. The monoisotopic (exact) mass is 937 g/mol. The van der Waals surface area contributed by atoms with Crippen molar-refractivity contribution in [2.24, 2.45) is 5.92 Å². The zero-order chi connectivity index (χ0) is 47.6. The largest absolute Gasteiger partial charge is 0.491 e. The van der Waals surface area contributed by atoms with Gasteiger partial charge in [0.25, 0.3) is 0 Å². The topological polar surface area (TPSA) is 171 Å². The lowest BCUT2D eigenvalue weighted by atomic mass is 9.65. The fraction of sp³-hybridized carbons (Fsp3) is 0.218. The smallest absolute Gasteiger partial charge is 0.329 e. The number of urea groups is 1. The van der Waals surface area contributed by atoms with Crippen LogP contribution in [-0.2, 0) is 24.5 Å². The van der Waals surface area contributed by atoms with E-state index in [2.05, 4.69) is 22.5 Å². The first-order valence-corrected chi connectivity index (χ1v) is 23.6. The van der Waals surface area contributed by atoms with Gasteiger partial charge in [-0.2, -0.15) is 0 Å². The number of thiazole rings is 1. The number of hydrogen-bond donors (Lipinski definition) is 4. The van der Waals surface area contributed by atoms with Crippen molar-refractivity contribution >= 4 is 56.2 Å². The molecule has 0 aliphatic carbocycles. The quantitative estimate of drug-likeness (QED) is 0.0733. The molecule has 2 fully saturated rings. The maximum absolute atomic E-state index is 16.6. The molecular weight excluding hydrogens is 891 g/mol. The lowest BCUT2D eigenvalue weighted by Crippen LogP contribution is -2.55. The third kappa shape index (κ3) is 8.09. The van der Waals surface area contributed by atoms with Crippen LogP contribution in [0.3, 0.4) is 0 Å². The summed E-state index contributed by atoms with van der Waals surface area (Å²) in [6.45, 7) is 1.46. The van der Waals surface area contributed by atoms with Gasteiger partial charge in [0, 0.05) is 12.0 Å². The third-order valence-corrected chi connectivity index (χ3v) is 14.1. The highest BCUT2D eigenvalue weighted by Crippen LogP contribution is 2.66. The van der Waals surface area contributed by atoms with E-state index in [-0.39, 0.29) is 37.1 Å². The Balaban J connectivity index is 1.26. The number of aliphatic hydroxyl groups excluding tert-OH is 2. The van der Waals surface area contributed by atoms with Gasteiger partial charge in [0.1, 0.15) is 29.9 Å². The molecule has 3 aliphatic rings. The van der Waals surface area contributed by atoms with Crippen molar-refractivity contribution in [3.63, 3.8) is 0 Å². The Kier molecular flexibility index (Phi) is 12.5. The summed E-state index contributed by atoms with van der Waals surface area (Å²) in [5, 5.41) is 25.7. The molecule has 7 atom stereocenters. The summed E-state index contributed by atoms with van der Waals surface area (Å²) in [5.41, 5.74) is 2.34. The number of fused-ring (bicyclic) bond motifs is 4. The number of anilines is 2. The number of carbonyl (C=O) groups is 4. The molecule has 10 rings (SSSR count). The maximum Gasteiger partial charge on any atom is 0.329 e. The summed E-state index contributed by atoms with van der Waals surface area (Å²) < 4.78 is 13.2. The van der Waals surface area contributed by atoms with Gasteiger partial charge in [-0.1, -0.05) is 138 Å². The Morgan fingerprint density at radius 3 is 2.19 bits per heavy atom. The molecule has 4 N–H and O–H groups in total. The number of para-hydroxylation sites is 1. The van der Waals surface area contributed by atoms with Gasteiger partial charge < -0.3 is 30.3 Å². The minimum Gasteiger partial charge on any atom is -0.491 e. The number of nitrogens with one attached hydrogen (secondary N) is 2. The Labute approximate surface area is 402 Å². The number of aliphatic hydroxyl groups is 2. The van der Waals surface area contributed by atoms with Crippen LogP contribution in [0.5, 0.6) is 5.75 Å². The van der Waals surface area contributed by atoms with Crippen LogP contribution >= 0.6 is 11.3 Å². The minimum absolute atomic E-state index is 0.0348. The van der Waals surface area contributed by atoms with E-state index in [1.54, 1.807) is 42.5 Å². The van der Waals surface area contributed by atoms with Crippen LogP contribution in [0.2, 0.25) is 0 Å². The van der Waals surface area contributed by atoms with Crippen LogP contribution in [0, 0.1) is 17.8 Å². The van der Waals surface area contributed by atoms with Crippen LogP contribution < -0.4 is 20.3 Å². The van der Waals surface area contributed by atoms with Crippen LogP contribution in [-0.4, -0.2) is 69.8 Å². The Bertz CT molecular complexity index is 3070. The van der Waals surface area contributed by atoms with Crippen molar-refractivity contribution in [2.75, 3.05) is 30.0 Å². The second kappa shape index (κ2) is 19.1. The molecule has 0 bridgehead atoms. The SMILES string of the molecule is C[C@@H](NC(=O)N1C(=O)[C@@]2(c3cc(C#CCCO)ccc31)[C@H](C(=O)Nc1nc3ccccc3s1)[C@H]1C(=O)O[C@H](c3ccccc3)[C@H](c3ccccc3)N1[C@@H]2c1ccc(OCCO)cc1)c1ccccc1. The normalized spacial score (nSPS) is 22.0. The van der Waals surface area contributed by atoms with Gasteiger partial charge in [0.2, 0.25) is 11.8 Å². The van der Waals surface area contributed by atoms with E-state index >= 15 is 19.2 Å². The van der Waals surface area contributed by atoms with Gasteiger partial charge in [-0.05, 0) is 77.2 Å². The molecule has 3 aliphatic heterocycles. The number of cyclic esters (lactones) is 1. The summed E-state index contributed by atoms with van der Waals surface area (Å²) in [6.07, 6.45) is -0.748. The molecule has 6 aromatic carbocycles. The first-order valence-electron chi connectivity index (χ1n) is 22.7. The lowest BCUT2D eigenvalue weighted by molar-refractivity contribution is -0.177. The number of benzene rings is 6. The number of esters is 1. The molecule has 0 unspecified atom stereocenters. The van der Waals surface area contributed by atoms with Gasteiger partial charge in [0.05, 0.1) is 53.2 Å². The number of amides is 4. The van der Waals surface area contributed by atoms with E-state index in [0.717, 1.165) is 20.7 Å². The van der Waals surface area contributed by atoms with E-state index < -0.39 is 65.4 Å². The average molecular weight is 938 g/mol. The number of hydrogen-bond acceptors (Lipinski definition) is 11. The highest BCUT2D eigenvalue weighted by molar-refractivity contribution is 7.22. The second-order valence-corrected chi connectivity index (χ2v) is 18.1. The van der Waals surface area contributed by atoms with Crippen molar-refractivity contribution in [2.45, 2.75) is 49.0 Å². The van der Waals surface area contributed by atoms with Crippen LogP contribution in [0.25, 0.3) is 10.2 Å². The van der Waals surface area contributed by atoms with E-state index in [0.29, 0.717) is 33.5 Å². The minimum atomic E-state index is -2.05. The molecule has 0 radical (unpaired) electrons. The zero-order valence-corrected chi connectivity index (χ0v) is 38.2. The summed E-state index contributed by atoms with van der Waals surface area (Å²) >= 11 is 1.25. The number of imide groups is 1. The van der Waals surface area contributed by atoms with Gasteiger partial charge in [0.15, 0.2) is 5.13 Å². The third-order valence-electron chi connectivity index (χ3n) is 13.1. The van der Waals surface area contributed by atoms with Crippen molar-refractivity contribution in [3.8, 4) is 17.6 Å². The fourth-order valence-corrected chi connectivity index (χ4v) is 11.2. The summed E-state index contributed by atoms with van der Waals surface area (Å²) in [7, 11) is 0. The van der Waals surface area contributed by atoms with Gasteiger partial charge in [-0.3, -0.25) is 19.3 Å². The van der Waals surface area contributed by atoms with Crippen LogP contribution in [0.15, 0.2) is 158 Å². The van der Waals surface area contributed by atoms with E-state index in [1.807, 2.05) is 127 Å². The molecule has 14 heteroatoms. The number of morpholine rings is 1. The average Bonchev–Trinajstić information content (AvgIpc) is 4.02. The Hall–Kier alpha value is -7.67. The number of rotatable bonds is 11. The first kappa shape index (κ1) is 45.1. The molecule has 13 nitrogen and oxygen atoms in total. The zero-order valence-electron chi connectivity index (χ0n) is 37.4. The second-order valence-electron chi connectivity index (χ2n) is 17.1. The first-order chi connectivity index (χ1) is 33.7. The maximum atomic E-state index is 16.6. The molecule has 69 heavy (non-hydrogen) atoms. The molecule has 346 valence electrons. The van der Waals surface area contributed by atoms with Crippen LogP contribution in [0.1, 0.15) is 71.0 Å². The number of carbonyl (C=O) groups excluding carboxylic acids is 4. The molecule has 7 aromatic rings. The molecule has 1 aromatic heterocycles. The van der Waals surface area contributed by atoms with Gasteiger partial charge in [-0.15, -0.1) is 0 Å². The Morgan fingerprint density at radius 1 is 0.812 bits per heavy atom.